The molecule has 4 nitrogen and oxygen atoms in total. The molecule has 0 aliphatic rings. The van der Waals surface area contributed by atoms with E-state index >= 15 is 0 Å². The first kappa shape index (κ1) is 23.2. The molecule has 0 amide bonds. The maximum atomic E-state index is 13.3. The highest BCUT2D eigenvalue weighted by Crippen LogP contribution is 2.34. The van der Waals surface area contributed by atoms with Crippen LogP contribution in [-0.2, 0) is 10.0 Å². The molecule has 0 fully saturated rings. The van der Waals surface area contributed by atoms with Gasteiger partial charge in [0, 0.05) is 5.70 Å². The molecule has 0 heterocycles. The van der Waals surface area contributed by atoms with Crippen molar-refractivity contribution in [1.82, 2.24) is 10.3 Å². The zero-order valence-corrected chi connectivity index (χ0v) is 19.4. The molecule has 2 rings (SSSR count). The minimum atomic E-state index is -3.79. The highest BCUT2D eigenvalue weighted by atomic mass is 32.2. The van der Waals surface area contributed by atoms with E-state index in [4.69, 9.17) is 0 Å². The van der Waals surface area contributed by atoms with Crippen LogP contribution < -0.4 is 10.3 Å². The molecule has 0 aliphatic heterocycles. The molecule has 0 spiro atoms. The van der Waals surface area contributed by atoms with Gasteiger partial charge in [-0.1, -0.05) is 90.1 Å². The maximum Gasteiger partial charge on any atom is 0.257 e. The quantitative estimate of drug-likeness (QED) is 0.535. The maximum absolute atomic E-state index is 13.3. The zero-order valence-electron chi connectivity index (χ0n) is 18.6. The molecule has 0 saturated heterocycles. The van der Waals surface area contributed by atoms with Gasteiger partial charge in [-0.25, -0.2) is 8.42 Å². The SMILES string of the molecule is C=C(NNS(=O)(=O)c1c(C(C)C)cc(C(C)C)cc1C(C)C)c1ccc(C)cc1. The van der Waals surface area contributed by atoms with Crippen LogP contribution in [0.25, 0.3) is 5.70 Å². The smallest absolute Gasteiger partial charge is 0.257 e. The van der Waals surface area contributed by atoms with Gasteiger partial charge in [-0.15, -0.1) is 4.83 Å². The van der Waals surface area contributed by atoms with Crippen LogP contribution >= 0.6 is 0 Å². The summed E-state index contributed by atoms with van der Waals surface area (Å²) in [5.41, 5.74) is 8.11. The van der Waals surface area contributed by atoms with Crippen LogP contribution in [0.1, 0.15) is 87.1 Å². The number of rotatable bonds is 8. The minimum absolute atomic E-state index is 0.0816. The zero-order chi connectivity index (χ0) is 21.9. The van der Waals surface area contributed by atoms with Gasteiger partial charge in [0.25, 0.3) is 10.0 Å². The van der Waals surface area contributed by atoms with Crippen molar-refractivity contribution in [2.75, 3.05) is 0 Å². The van der Waals surface area contributed by atoms with Crippen molar-refractivity contribution in [3.8, 4) is 0 Å². The molecule has 158 valence electrons. The lowest BCUT2D eigenvalue weighted by Gasteiger charge is -2.23. The number of benzene rings is 2. The first-order valence-corrected chi connectivity index (χ1v) is 11.6. The van der Waals surface area contributed by atoms with Crippen molar-refractivity contribution < 1.29 is 8.42 Å². The first-order valence-electron chi connectivity index (χ1n) is 10.2. The Morgan fingerprint density at radius 2 is 1.34 bits per heavy atom. The predicted molar refractivity (Wildman–Crippen MR) is 122 cm³/mol. The Kier molecular flexibility index (Phi) is 7.30. The van der Waals surface area contributed by atoms with Crippen molar-refractivity contribution in [2.45, 2.75) is 71.1 Å². The van der Waals surface area contributed by atoms with Crippen molar-refractivity contribution in [3.63, 3.8) is 0 Å². The Labute approximate surface area is 176 Å². The summed E-state index contributed by atoms with van der Waals surface area (Å²) in [6, 6.07) is 11.8. The summed E-state index contributed by atoms with van der Waals surface area (Å²) in [5.74, 6) is 0.491. The van der Waals surface area contributed by atoms with Crippen LogP contribution in [-0.4, -0.2) is 8.42 Å². The third-order valence-corrected chi connectivity index (χ3v) is 6.46. The molecule has 0 unspecified atom stereocenters. The van der Waals surface area contributed by atoms with E-state index in [1.165, 1.54) is 0 Å². The van der Waals surface area contributed by atoms with Crippen molar-refractivity contribution in [1.29, 1.82) is 0 Å². The molecule has 2 N–H and O–H groups in total. The molecule has 0 atom stereocenters. The van der Waals surface area contributed by atoms with Gasteiger partial charge in [0.2, 0.25) is 0 Å². The molecule has 0 aromatic heterocycles. The van der Waals surface area contributed by atoms with Gasteiger partial charge >= 0.3 is 0 Å². The topological polar surface area (TPSA) is 58.2 Å². The van der Waals surface area contributed by atoms with E-state index in [0.29, 0.717) is 16.5 Å². The molecule has 0 saturated carbocycles. The van der Waals surface area contributed by atoms with E-state index in [-0.39, 0.29) is 11.8 Å². The summed E-state index contributed by atoms with van der Waals surface area (Å²) in [7, 11) is -3.79. The first-order chi connectivity index (χ1) is 13.4. The summed E-state index contributed by atoms with van der Waals surface area (Å²) < 4.78 is 26.7. The number of hydrogen-bond acceptors (Lipinski definition) is 3. The number of aryl methyl sites for hydroxylation is 1. The Morgan fingerprint density at radius 1 is 0.862 bits per heavy atom. The van der Waals surface area contributed by atoms with Crippen molar-refractivity contribution in [2.24, 2.45) is 0 Å². The average molecular weight is 415 g/mol. The molecule has 0 aliphatic carbocycles. The predicted octanol–water partition coefficient (Wildman–Crippen LogP) is 5.82. The molecule has 2 aromatic carbocycles. The van der Waals surface area contributed by atoms with E-state index in [9.17, 15) is 8.42 Å². The largest absolute Gasteiger partial charge is 0.308 e. The lowest BCUT2D eigenvalue weighted by molar-refractivity contribution is 0.570. The van der Waals surface area contributed by atoms with Gasteiger partial charge in [0.05, 0.1) is 4.90 Å². The molecule has 29 heavy (non-hydrogen) atoms. The summed E-state index contributed by atoms with van der Waals surface area (Å²) in [4.78, 5) is 2.92. The lowest BCUT2D eigenvalue weighted by atomic mass is 9.89. The van der Waals surface area contributed by atoms with Gasteiger partial charge in [-0.3, -0.25) is 0 Å². The second kappa shape index (κ2) is 9.14. The molecule has 2 aromatic rings. The van der Waals surface area contributed by atoms with E-state index in [1.807, 2.05) is 71.0 Å². The van der Waals surface area contributed by atoms with E-state index in [2.05, 4.69) is 30.7 Å². The second-order valence-corrected chi connectivity index (χ2v) is 10.2. The van der Waals surface area contributed by atoms with Gasteiger partial charge in [0.15, 0.2) is 0 Å². The van der Waals surface area contributed by atoms with Gasteiger partial charge in [0.1, 0.15) is 0 Å². The average Bonchev–Trinajstić information content (AvgIpc) is 2.65. The van der Waals surface area contributed by atoms with Crippen LogP contribution in [0.4, 0.5) is 0 Å². The van der Waals surface area contributed by atoms with Crippen LogP contribution in [0.5, 0.6) is 0 Å². The number of hydrazine groups is 1. The van der Waals surface area contributed by atoms with Crippen molar-refractivity contribution >= 4 is 15.7 Å². The highest BCUT2D eigenvalue weighted by molar-refractivity contribution is 7.89. The molecule has 5 heteroatoms. The summed E-state index contributed by atoms with van der Waals surface area (Å²) in [5, 5.41) is 0. The fourth-order valence-corrected chi connectivity index (χ4v) is 4.78. The fraction of sp³-hybridized carbons (Fsp3) is 0.417. The number of nitrogens with one attached hydrogen (secondary N) is 2. The highest BCUT2D eigenvalue weighted by Gasteiger charge is 2.27. The second-order valence-electron chi connectivity index (χ2n) is 8.57. The number of sulfonamides is 1. The van der Waals surface area contributed by atoms with E-state index in [0.717, 1.165) is 27.8 Å². The van der Waals surface area contributed by atoms with Crippen LogP contribution in [0.3, 0.4) is 0 Å². The summed E-state index contributed by atoms with van der Waals surface area (Å²) in [6.45, 7) is 18.3. The fourth-order valence-electron chi connectivity index (χ4n) is 3.21. The summed E-state index contributed by atoms with van der Waals surface area (Å²) >= 11 is 0. The Balaban J connectivity index is 2.44. The van der Waals surface area contributed by atoms with Gasteiger partial charge < -0.3 is 5.43 Å². The molecule has 0 radical (unpaired) electrons. The molecular formula is C24H34N2O2S. The van der Waals surface area contributed by atoms with Crippen LogP contribution in [0.2, 0.25) is 0 Å². The van der Waals surface area contributed by atoms with Gasteiger partial charge in [-0.2, -0.15) is 0 Å². The van der Waals surface area contributed by atoms with Crippen LogP contribution in [0.15, 0.2) is 47.9 Å². The molecular weight excluding hydrogens is 380 g/mol. The standard InChI is InChI=1S/C24H34N2O2S/c1-15(2)21-13-22(16(3)4)24(23(14-21)17(5)6)29(27,28)26-25-19(8)20-11-9-18(7)10-12-20/h9-17,25-26H,8H2,1-7H3. The minimum Gasteiger partial charge on any atom is -0.308 e. The Morgan fingerprint density at radius 3 is 1.76 bits per heavy atom. The van der Waals surface area contributed by atoms with E-state index < -0.39 is 10.0 Å². The molecule has 0 bridgehead atoms. The normalized spacial score (nSPS) is 12.1. The Hall–Kier alpha value is -2.11. The Bertz CT molecular complexity index is 943. The lowest BCUT2D eigenvalue weighted by Crippen LogP contribution is -2.37. The van der Waals surface area contributed by atoms with Gasteiger partial charge in [-0.05, 0) is 46.9 Å². The third-order valence-electron chi connectivity index (χ3n) is 5.08. The van der Waals surface area contributed by atoms with E-state index in [1.54, 1.807) is 0 Å². The summed E-state index contributed by atoms with van der Waals surface area (Å²) in [6.07, 6.45) is 0. The third kappa shape index (κ3) is 5.49. The number of hydrogen-bond donors (Lipinski definition) is 2. The van der Waals surface area contributed by atoms with Crippen molar-refractivity contribution in [3.05, 3.63) is 70.8 Å². The monoisotopic (exact) mass is 414 g/mol. The van der Waals surface area contributed by atoms with Crippen LogP contribution in [0, 0.1) is 6.92 Å².